The van der Waals surface area contributed by atoms with Gasteiger partial charge >= 0.3 is 0 Å². The monoisotopic (exact) mass is 401 g/mol. The van der Waals surface area contributed by atoms with Crippen molar-refractivity contribution in [2.24, 2.45) is 12.8 Å². The SMILES string of the molecule is Cc1cc(C)cc(Nc2nccc(-c3cc(C(=O)NCCN)n(C)n3)n2)c1.Cl. The molecule has 0 aliphatic carbocycles. The van der Waals surface area contributed by atoms with Gasteiger partial charge in [-0.15, -0.1) is 12.4 Å². The Labute approximate surface area is 170 Å². The molecule has 0 spiro atoms. The van der Waals surface area contributed by atoms with E-state index in [9.17, 15) is 4.79 Å². The molecule has 0 saturated heterocycles. The molecular formula is C19H24ClN7O. The Balaban J connectivity index is 0.00000280. The number of nitrogens with zero attached hydrogens (tertiary/aromatic N) is 4. The quantitative estimate of drug-likeness (QED) is 0.584. The van der Waals surface area contributed by atoms with Crippen LogP contribution >= 0.6 is 12.4 Å². The average Bonchev–Trinajstić information content (AvgIpc) is 3.01. The molecule has 0 aliphatic rings. The minimum absolute atomic E-state index is 0. The first-order valence-corrected chi connectivity index (χ1v) is 8.67. The largest absolute Gasteiger partial charge is 0.349 e. The fraction of sp³-hybridized carbons (Fsp3) is 0.263. The minimum atomic E-state index is -0.218. The van der Waals surface area contributed by atoms with E-state index < -0.39 is 0 Å². The first-order valence-electron chi connectivity index (χ1n) is 8.67. The summed E-state index contributed by atoms with van der Waals surface area (Å²) in [6.45, 7) is 4.88. The molecular weight excluding hydrogens is 378 g/mol. The molecule has 0 radical (unpaired) electrons. The number of aryl methyl sites for hydroxylation is 3. The fourth-order valence-electron chi connectivity index (χ4n) is 2.82. The number of halogens is 1. The van der Waals surface area contributed by atoms with Crippen molar-refractivity contribution < 1.29 is 4.79 Å². The van der Waals surface area contributed by atoms with Crippen molar-refractivity contribution in [3.63, 3.8) is 0 Å². The van der Waals surface area contributed by atoms with Crippen LogP contribution in [0.1, 0.15) is 21.6 Å². The molecule has 3 aromatic rings. The van der Waals surface area contributed by atoms with Gasteiger partial charge in [0, 0.05) is 32.0 Å². The molecule has 1 aromatic carbocycles. The smallest absolute Gasteiger partial charge is 0.269 e. The summed E-state index contributed by atoms with van der Waals surface area (Å²) in [6, 6.07) is 9.63. The zero-order valence-electron chi connectivity index (χ0n) is 16.1. The Morgan fingerprint density at radius 1 is 1.14 bits per heavy atom. The van der Waals surface area contributed by atoms with Crippen molar-refractivity contribution in [2.75, 3.05) is 18.4 Å². The van der Waals surface area contributed by atoms with Crippen LogP contribution < -0.4 is 16.4 Å². The van der Waals surface area contributed by atoms with Crippen molar-refractivity contribution >= 4 is 29.9 Å². The predicted molar refractivity (Wildman–Crippen MR) is 112 cm³/mol. The normalized spacial score (nSPS) is 10.3. The summed E-state index contributed by atoms with van der Waals surface area (Å²) in [5.41, 5.74) is 10.3. The summed E-state index contributed by atoms with van der Waals surface area (Å²) in [6.07, 6.45) is 1.66. The summed E-state index contributed by atoms with van der Waals surface area (Å²) in [5.74, 6) is 0.252. The van der Waals surface area contributed by atoms with Crippen LogP contribution in [0.4, 0.5) is 11.6 Å². The van der Waals surface area contributed by atoms with E-state index in [-0.39, 0.29) is 18.3 Å². The van der Waals surface area contributed by atoms with Crippen molar-refractivity contribution in [1.29, 1.82) is 0 Å². The van der Waals surface area contributed by atoms with E-state index in [4.69, 9.17) is 5.73 Å². The third-order valence-electron chi connectivity index (χ3n) is 3.94. The highest BCUT2D eigenvalue weighted by Gasteiger charge is 2.15. The molecule has 0 atom stereocenters. The lowest BCUT2D eigenvalue weighted by Gasteiger charge is -2.07. The molecule has 9 heteroatoms. The Morgan fingerprint density at radius 3 is 2.54 bits per heavy atom. The van der Waals surface area contributed by atoms with Crippen LogP contribution in [0.25, 0.3) is 11.4 Å². The van der Waals surface area contributed by atoms with Crippen molar-refractivity contribution in [3.05, 3.63) is 53.3 Å². The summed E-state index contributed by atoms with van der Waals surface area (Å²) < 4.78 is 1.53. The maximum Gasteiger partial charge on any atom is 0.269 e. The lowest BCUT2D eigenvalue weighted by molar-refractivity contribution is 0.0945. The van der Waals surface area contributed by atoms with E-state index in [2.05, 4.69) is 31.8 Å². The number of nitrogens with one attached hydrogen (secondary N) is 2. The molecule has 0 fully saturated rings. The van der Waals surface area contributed by atoms with E-state index in [0.717, 1.165) is 16.8 Å². The van der Waals surface area contributed by atoms with Crippen LogP contribution in [-0.4, -0.2) is 38.7 Å². The number of carbonyl (C=O) groups is 1. The highest BCUT2D eigenvalue weighted by molar-refractivity contribution is 5.93. The Kier molecular flexibility index (Phi) is 7.08. The summed E-state index contributed by atoms with van der Waals surface area (Å²) >= 11 is 0. The molecule has 148 valence electrons. The maximum atomic E-state index is 12.2. The van der Waals surface area contributed by atoms with Gasteiger partial charge in [-0.1, -0.05) is 6.07 Å². The predicted octanol–water partition coefficient (Wildman–Crippen LogP) is 2.35. The Morgan fingerprint density at radius 2 is 1.86 bits per heavy atom. The average molecular weight is 402 g/mol. The van der Waals surface area contributed by atoms with Crippen molar-refractivity contribution in [3.8, 4) is 11.4 Å². The minimum Gasteiger partial charge on any atom is -0.349 e. The lowest BCUT2D eigenvalue weighted by atomic mass is 10.1. The molecule has 28 heavy (non-hydrogen) atoms. The molecule has 0 saturated carbocycles. The molecule has 2 aromatic heterocycles. The van der Waals surface area contributed by atoms with Gasteiger partial charge in [0.15, 0.2) is 0 Å². The highest BCUT2D eigenvalue weighted by Crippen LogP contribution is 2.21. The molecule has 8 nitrogen and oxygen atoms in total. The first-order chi connectivity index (χ1) is 13.0. The number of hydrogen-bond acceptors (Lipinski definition) is 6. The Bertz CT molecular complexity index is 950. The van der Waals surface area contributed by atoms with Crippen LogP contribution in [0.5, 0.6) is 0 Å². The third-order valence-corrected chi connectivity index (χ3v) is 3.94. The number of amides is 1. The summed E-state index contributed by atoms with van der Waals surface area (Å²) in [5, 5.41) is 10.3. The van der Waals surface area contributed by atoms with Gasteiger partial charge in [0.2, 0.25) is 5.95 Å². The fourth-order valence-corrected chi connectivity index (χ4v) is 2.82. The second kappa shape index (κ2) is 9.29. The van der Waals surface area contributed by atoms with E-state index in [0.29, 0.717) is 36.1 Å². The van der Waals surface area contributed by atoms with Gasteiger partial charge in [0.1, 0.15) is 11.4 Å². The molecule has 3 rings (SSSR count). The van der Waals surface area contributed by atoms with Gasteiger partial charge in [-0.3, -0.25) is 9.48 Å². The van der Waals surface area contributed by atoms with Crippen LogP contribution in [0.3, 0.4) is 0 Å². The molecule has 0 unspecified atom stereocenters. The van der Waals surface area contributed by atoms with E-state index in [1.54, 1.807) is 25.4 Å². The van der Waals surface area contributed by atoms with Gasteiger partial charge in [-0.05, 0) is 49.2 Å². The van der Waals surface area contributed by atoms with Crippen LogP contribution in [0.15, 0.2) is 36.5 Å². The van der Waals surface area contributed by atoms with Gasteiger partial charge in [0.05, 0.1) is 5.69 Å². The Hall–Kier alpha value is -2.97. The van der Waals surface area contributed by atoms with Gasteiger partial charge in [0.25, 0.3) is 5.91 Å². The standard InChI is InChI=1S/C19H23N7O.ClH/c1-12-8-13(2)10-14(9-12)23-19-22-6-4-15(24-19)16-11-17(26(3)25-16)18(27)21-7-5-20;/h4,6,8-11H,5,7,20H2,1-3H3,(H,21,27)(H,22,23,24);1H. The van der Waals surface area contributed by atoms with Crippen molar-refractivity contribution in [1.82, 2.24) is 25.1 Å². The zero-order valence-corrected chi connectivity index (χ0v) is 16.9. The molecule has 0 bridgehead atoms. The van der Waals surface area contributed by atoms with E-state index >= 15 is 0 Å². The zero-order chi connectivity index (χ0) is 19.4. The number of carbonyl (C=O) groups excluding carboxylic acids is 1. The van der Waals surface area contributed by atoms with Gasteiger partial charge in [-0.2, -0.15) is 5.10 Å². The number of benzene rings is 1. The lowest BCUT2D eigenvalue weighted by Crippen LogP contribution is -2.30. The van der Waals surface area contributed by atoms with Crippen LogP contribution in [0.2, 0.25) is 0 Å². The number of rotatable bonds is 6. The van der Waals surface area contributed by atoms with Crippen molar-refractivity contribution in [2.45, 2.75) is 13.8 Å². The number of anilines is 2. The van der Waals surface area contributed by atoms with E-state index in [1.807, 2.05) is 26.0 Å². The molecule has 4 N–H and O–H groups in total. The second-order valence-electron chi connectivity index (χ2n) is 6.35. The number of aromatic nitrogens is 4. The third kappa shape index (κ3) is 5.05. The molecule has 0 aliphatic heterocycles. The topological polar surface area (TPSA) is 111 Å². The summed E-state index contributed by atoms with van der Waals surface area (Å²) in [7, 11) is 1.72. The number of nitrogens with two attached hydrogens (primary N) is 1. The van der Waals surface area contributed by atoms with Crippen LogP contribution in [0, 0.1) is 13.8 Å². The van der Waals surface area contributed by atoms with Gasteiger partial charge < -0.3 is 16.4 Å². The van der Waals surface area contributed by atoms with Crippen LogP contribution in [-0.2, 0) is 7.05 Å². The molecule has 1 amide bonds. The highest BCUT2D eigenvalue weighted by atomic mass is 35.5. The second-order valence-corrected chi connectivity index (χ2v) is 6.35. The molecule has 2 heterocycles. The first kappa shape index (κ1) is 21.3. The summed E-state index contributed by atoms with van der Waals surface area (Å²) in [4.78, 5) is 21.0. The van der Waals surface area contributed by atoms with Gasteiger partial charge in [-0.25, -0.2) is 9.97 Å². The number of hydrogen-bond donors (Lipinski definition) is 3. The van der Waals surface area contributed by atoms with E-state index in [1.165, 1.54) is 4.68 Å². The maximum absolute atomic E-state index is 12.2.